The zero-order valence-corrected chi connectivity index (χ0v) is 14.2. The molecular weight excluding hydrogens is 425 g/mol. The fourth-order valence-electron chi connectivity index (χ4n) is 1.55. The Kier molecular flexibility index (Phi) is 4.80. The number of hydrogen-bond donors (Lipinski definition) is 1. The fourth-order valence-corrected chi connectivity index (χ4v) is 3.21. The minimum Gasteiger partial charge on any atom is -0.345 e. The van der Waals surface area contributed by atoms with Crippen LogP contribution < -0.4 is 5.32 Å². The number of thiophene rings is 1. The molecule has 0 aliphatic heterocycles. The van der Waals surface area contributed by atoms with Crippen LogP contribution in [0.25, 0.3) is 0 Å². The van der Waals surface area contributed by atoms with Crippen molar-refractivity contribution in [3.05, 3.63) is 54.2 Å². The Bertz CT molecular complexity index is 556. The Balaban J connectivity index is 2.15. The monoisotopic (exact) mass is 435 g/mol. The van der Waals surface area contributed by atoms with E-state index in [0.717, 1.165) is 12.9 Å². The van der Waals surface area contributed by atoms with Crippen LogP contribution in [0.5, 0.6) is 0 Å². The van der Waals surface area contributed by atoms with Crippen LogP contribution in [0.1, 0.15) is 28.2 Å². The van der Waals surface area contributed by atoms with Crippen molar-refractivity contribution in [2.45, 2.75) is 13.0 Å². The van der Waals surface area contributed by atoms with E-state index in [2.05, 4.69) is 43.8 Å². The Hall–Kier alpha value is -0.400. The van der Waals surface area contributed by atoms with Crippen molar-refractivity contribution in [1.29, 1.82) is 0 Å². The lowest BCUT2D eigenvalue weighted by atomic mass is 10.2. The molecule has 1 atom stereocenters. The lowest BCUT2D eigenvalue weighted by Gasteiger charge is -2.13. The van der Waals surface area contributed by atoms with Crippen molar-refractivity contribution >= 4 is 55.8 Å². The maximum Gasteiger partial charge on any atom is 0.252 e. The average molecular weight is 436 g/mol. The number of halogens is 2. The number of hydrogen-bond acceptors (Lipinski definition) is 2. The van der Waals surface area contributed by atoms with Crippen LogP contribution in [0.2, 0.25) is 0 Å². The maximum atomic E-state index is 12.2. The van der Waals surface area contributed by atoms with E-state index in [4.69, 9.17) is 0 Å². The summed E-state index contributed by atoms with van der Waals surface area (Å²) in [5, 5.41) is 5.02. The third-order valence-electron chi connectivity index (χ3n) is 2.49. The molecule has 5 heteroatoms. The summed E-state index contributed by atoms with van der Waals surface area (Å²) in [7, 11) is 0. The quantitative estimate of drug-likeness (QED) is 0.701. The van der Waals surface area contributed by atoms with Crippen LogP contribution in [-0.2, 0) is 0 Å². The molecule has 0 aliphatic rings. The van der Waals surface area contributed by atoms with E-state index in [9.17, 15) is 4.79 Å². The molecule has 18 heavy (non-hydrogen) atoms. The van der Waals surface area contributed by atoms with Gasteiger partial charge in [0.15, 0.2) is 0 Å². The van der Waals surface area contributed by atoms with Crippen LogP contribution in [0.15, 0.2) is 40.2 Å². The predicted molar refractivity (Wildman–Crippen MR) is 87.1 cm³/mol. The van der Waals surface area contributed by atoms with Gasteiger partial charge in [0.25, 0.3) is 5.91 Å². The number of carbonyl (C=O) groups excluding carboxylic acids is 1. The number of rotatable bonds is 3. The molecule has 2 nitrogen and oxygen atoms in total. The molecule has 2 rings (SSSR count). The molecule has 1 heterocycles. The van der Waals surface area contributed by atoms with Gasteiger partial charge in [-0.2, -0.15) is 0 Å². The zero-order chi connectivity index (χ0) is 13.1. The Morgan fingerprint density at radius 3 is 2.89 bits per heavy atom. The molecule has 0 spiro atoms. The second-order valence-electron chi connectivity index (χ2n) is 3.83. The lowest BCUT2D eigenvalue weighted by Crippen LogP contribution is -2.26. The van der Waals surface area contributed by atoms with Crippen molar-refractivity contribution in [3.8, 4) is 0 Å². The highest BCUT2D eigenvalue weighted by molar-refractivity contribution is 14.1. The van der Waals surface area contributed by atoms with Gasteiger partial charge in [0, 0.05) is 12.9 Å². The van der Waals surface area contributed by atoms with E-state index >= 15 is 0 Å². The van der Waals surface area contributed by atoms with Gasteiger partial charge in [-0.15, -0.1) is 11.3 Å². The lowest BCUT2D eigenvalue weighted by molar-refractivity contribution is 0.0939. The van der Waals surface area contributed by atoms with Gasteiger partial charge in [-0.05, 0) is 75.1 Å². The first-order valence-corrected chi connectivity index (χ1v) is 8.12. The summed E-state index contributed by atoms with van der Waals surface area (Å²) in [5.41, 5.74) is 0.672. The smallest absolute Gasteiger partial charge is 0.252 e. The zero-order valence-electron chi connectivity index (χ0n) is 9.61. The first kappa shape index (κ1) is 14.0. The largest absolute Gasteiger partial charge is 0.345 e. The molecule has 0 aliphatic carbocycles. The minimum atomic E-state index is -0.0544. The van der Waals surface area contributed by atoms with Crippen molar-refractivity contribution in [2.75, 3.05) is 0 Å². The first-order valence-electron chi connectivity index (χ1n) is 5.37. The first-order chi connectivity index (χ1) is 8.58. The van der Waals surface area contributed by atoms with Gasteiger partial charge in [0.05, 0.1) is 11.6 Å². The molecule has 2 aromatic rings. The standard InChI is InChI=1S/C13H11BrINOS/c1-8(12-3-2-6-18-12)16-13(17)10-7-9(15)4-5-11(10)14/h2-8H,1H3,(H,16,17). The summed E-state index contributed by atoms with van der Waals surface area (Å²) in [6.07, 6.45) is 0. The molecule has 0 saturated heterocycles. The molecule has 1 aromatic heterocycles. The van der Waals surface area contributed by atoms with Crippen LogP contribution in [-0.4, -0.2) is 5.91 Å². The number of amides is 1. The molecule has 1 N–H and O–H groups in total. The molecule has 1 unspecified atom stereocenters. The van der Waals surface area contributed by atoms with Crippen molar-refractivity contribution < 1.29 is 4.79 Å². The van der Waals surface area contributed by atoms with E-state index < -0.39 is 0 Å². The average Bonchev–Trinajstić information content (AvgIpc) is 2.85. The topological polar surface area (TPSA) is 29.1 Å². The van der Waals surface area contributed by atoms with Gasteiger partial charge in [-0.1, -0.05) is 6.07 Å². The third-order valence-corrected chi connectivity index (χ3v) is 4.91. The van der Waals surface area contributed by atoms with Gasteiger partial charge < -0.3 is 5.32 Å². The van der Waals surface area contributed by atoms with Crippen LogP contribution >= 0.6 is 49.9 Å². The summed E-state index contributed by atoms with van der Waals surface area (Å²) in [6.45, 7) is 1.99. The van der Waals surface area contributed by atoms with Gasteiger partial charge in [-0.3, -0.25) is 4.79 Å². The molecular formula is C13H11BrINOS. The molecule has 0 radical (unpaired) electrons. The predicted octanol–water partition coefficient (Wildman–Crippen LogP) is 4.61. The second-order valence-corrected chi connectivity index (χ2v) is 6.91. The van der Waals surface area contributed by atoms with Crippen LogP contribution in [0.3, 0.4) is 0 Å². The van der Waals surface area contributed by atoms with Crippen molar-refractivity contribution in [1.82, 2.24) is 5.32 Å². The van der Waals surface area contributed by atoms with Gasteiger partial charge in [0.2, 0.25) is 0 Å². The number of benzene rings is 1. The highest BCUT2D eigenvalue weighted by Crippen LogP contribution is 2.22. The van der Waals surface area contributed by atoms with E-state index in [1.165, 1.54) is 0 Å². The van der Waals surface area contributed by atoms with E-state index in [1.807, 2.05) is 42.6 Å². The molecule has 0 fully saturated rings. The van der Waals surface area contributed by atoms with Crippen molar-refractivity contribution in [2.24, 2.45) is 0 Å². The highest BCUT2D eigenvalue weighted by atomic mass is 127. The summed E-state index contributed by atoms with van der Waals surface area (Å²) < 4.78 is 1.86. The maximum absolute atomic E-state index is 12.2. The Morgan fingerprint density at radius 2 is 2.22 bits per heavy atom. The third kappa shape index (κ3) is 3.33. The summed E-state index contributed by atoms with van der Waals surface area (Å²) in [4.78, 5) is 13.3. The Labute approximate surface area is 132 Å². The molecule has 1 aromatic carbocycles. The number of nitrogens with one attached hydrogen (secondary N) is 1. The SMILES string of the molecule is CC(NC(=O)c1cc(I)ccc1Br)c1cccs1. The summed E-state index contributed by atoms with van der Waals surface area (Å²) in [6, 6.07) is 9.78. The molecule has 94 valence electrons. The minimum absolute atomic E-state index is 0.0299. The molecule has 1 amide bonds. The van der Waals surface area contributed by atoms with Crippen LogP contribution in [0, 0.1) is 3.57 Å². The van der Waals surface area contributed by atoms with E-state index in [1.54, 1.807) is 11.3 Å². The summed E-state index contributed by atoms with van der Waals surface area (Å²) >= 11 is 7.26. The normalized spacial score (nSPS) is 12.2. The fraction of sp³-hybridized carbons (Fsp3) is 0.154. The van der Waals surface area contributed by atoms with Crippen LogP contribution in [0.4, 0.5) is 0 Å². The van der Waals surface area contributed by atoms with Gasteiger partial charge in [0.1, 0.15) is 0 Å². The van der Waals surface area contributed by atoms with Crippen molar-refractivity contribution in [3.63, 3.8) is 0 Å². The molecule has 0 saturated carbocycles. The molecule has 0 bridgehead atoms. The second kappa shape index (κ2) is 6.16. The highest BCUT2D eigenvalue weighted by Gasteiger charge is 2.14. The van der Waals surface area contributed by atoms with E-state index in [-0.39, 0.29) is 11.9 Å². The Morgan fingerprint density at radius 1 is 1.44 bits per heavy atom. The van der Waals surface area contributed by atoms with Gasteiger partial charge >= 0.3 is 0 Å². The van der Waals surface area contributed by atoms with E-state index in [0.29, 0.717) is 5.56 Å². The number of carbonyl (C=O) groups is 1. The van der Waals surface area contributed by atoms with Gasteiger partial charge in [-0.25, -0.2) is 0 Å². The summed E-state index contributed by atoms with van der Waals surface area (Å²) in [5.74, 6) is -0.0544.